The van der Waals surface area contributed by atoms with E-state index in [-0.39, 0.29) is 12.0 Å². The number of aryl methyl sites for hydroxylation is 1. The van der Waals surface area contributed by atoms with Crippen LogP contribution in [-0.4, -0.2) is 11.7 Å². The van der Waals surface area contributed by atoms with Crippen molar-refractivity contribution in [1.29, 1.82) is 0 Å². The van der Waals surface area contributed by atoms with E-state index in [2.05, 4.69) is 0 Å². The molecule has 3 rings (SSSR count). The van der Waals surface area contributed by atoms with Crippen molar-refractivity contribution in [2.45, 2.75) is 31.1 Å². The fourth-order valence-electron chi connectivity index (χ4n) is 3.58. The van der Waals surface area contributed by atoms with Gasteiger partial charge in [-0.1, -0.05) is 23.7 Å². The van der Waals surface area contributed by atoms with E-state index in [9.17, 15) is 13.9 Å². The molecule has 1 atom stereocenters. The van der Waals surface area contributed by atoms with E-state index in [0.717, 1.165) is 23.1 Å². The minimum atomic E-state index is -0.817. The zero-order valence-corrected chi connectivity index (χ0v) is 12.8. The van der Waals surface area contributed by atoms with Crippen LogP contribution in [0.25, 0.3) is 0 Å². The number of halogens is 3. The minimum absolute atomic E-state index is 0.0777. The summed E-state index contributed by atoms with van der Waals surface area (Å²) in [6.07, 6.45) is 2.80. The van der Waals surface area contributed by atoms with Crippen LogP contribution in [0.4, 0.5) is 8.78 Å². The number of rotatable bonds is 4. The first kappa shape index (κ1) is 15.4. The molecule has 22 heavy (non-hydrogen) atoms. The third-order valence-corrected chi connectivity index (χ3v) is 4.89. The lowest BCUT2D eigenvalue weighted by molar-refractivity contribution is 0.268. The Balaban J connectivity index is 2.14. The largest absolute Gasteiger partial charge is 0.396 e. The Morgan fingerprint density at radius 1 is 1.09 bits per heavy atom. The van der Waals surface area contributed by atoms with Crippen LogP contribution in [0.1, 0.15) is 36.0 Å². The van der Waals surface area contributed by atoms with E-state index in [1.807, 2.05) is 24.3 Å². The topological polar surface area (TPSA) is 20.2 Å². The van der Waals surface area contributed by atoms with Gasteiger partial charge in [-0.3, -0.25) is 0 Å². The van der Waals surface area contributed by atoms with Crippen molar-refractivity contribution in [2.24, 2.45) is 0 Å². The van der Waals surface area contributed by atoms with Crippen molar-refractivity contribution in [1.82, 2.24) is 0 Å². The predicted molar refractivity (Wildman–Crippen MR) is 83.2 cm³/mol. The van der Waals surface area contributed by atoms with Crippen LogP contribution in [0.15, 0.2) is 36.4 Å². The van der Waals surface area contributed by atoms with Crippen molar-refractivity contribution in [3.63, 3.8) is 0 Å². The average molecular weight is 323 g/mol. The van der Waals surface area contributed by atoms with E-state index in [0.29, 0.717) is 24.3 Å². The minimum Gasteiger partial charge on any atom is -0.396 e. The molecule has 2 aromatic rings. The van der Waals surface area contributed by atoms with Gasteiger partial charge in [0.25, 0.3) is 0 Å². The molecular formula is C18H17ClF2O. The number of aliphatic hydroxyl groups is 1. The van der Waals surface area contributed by atoms with Crippen LogP contribution in [0.3, 0.4) is 0 Å². The van der Waals surface area contributed by atoms with Gasteiger partial charge in [0, 0.05) is 17.0 Å². The van der Waals surface area contributed by atoms with E-state index >= 15 is 0 Å². The number of benzene rings is 2. The van der Waals surface area contributed by atoms with Crippen LogP contribution in [0.2, 0.25) is 5.02 Å². The molecule has 0 bridgehead atoms. The third kappa shape index (κ3) is 2.53. The van der Waals surface area contributed by atoms with Crippen LogP contribution < -0.4 is 0 Å². The summed E-state index contributed by atoms with van der Waals surface area (Å²) in [5.74, 6) is -1.61. The second-order valence-corrected chi connectivity index (χ2v) is 6.28. The molecule has 0 unspecified atom stereocenters. The Hall–Kier alpha value is -1.45. The van der Waals surface area contributed by atoms with Gasteiger partial charge < -0.3 is 5.11 Å². The molecule has 0 saturated carbocycles. The highest BCUT2D eigenvalue weighted by Gasteiger charge is 2.40. The molecule has 1 nitrogen and oxygen atoms in total. The van der Waals surface area contributed by atoms with Gasteiger partial charge in [-0.2, -0.15) is 0 Å². The van der Waals surface area contributed by atoms with Crippen LogP contribution >= 0.6 is 11.6 Å². The predicted octanol–water partition coefficient (Wildman–Crippen LogP) is 4.62. The van der Waals surface area contributed by atoms with Gasteiger partial charge in [-0.25, -0.2) is 8.78 Å². The number of hydrogen-bond acceptors (Lipinski definition) is 1. The van der Waals surface area contributed by atoms with Crippen molar-refractivity contribution in [3.8, 4) is 0 Å². The Bertz CT molecular complexity index is 684. The van der Waals surface area contributed by atoms with Gasteiger partial charge in [0.1, 0.15) is 0 Å². The zero-order valence-electron chi connectivity index (χ0n) is 12.1. The van der Waals surface area contributed by atoms with Gasteiger partial charge in [-0.15, -0.1) is 0 Å². The molecule has 0 aromatic heterocycles. The van der Waals surface area contributed by atoms with Crippen molar-refractivity contribution in [3.05, 3.63) is 69.7 Å². The lowest BCUT2D eigenvalue weighted by Gasteiger charge is -2.31. The summed E-state index contributed by atoms with van der Waals surface area (Å²) in [5.41, 5.74) is 2.35. The lowest BCUT2D eigenvalue weighted by Crippen LogP contribution is -2.25. The normalized spacial score (nSPS) is 20.2. The summed E-state index contributed by atoms with van der Waals surface area (Å²) in [4.78, 5) is 0. The maximum absolute atomic E-state index is 13.8. The van der Waals surface area contributed by atoms with E-state index in [1.165, 1.54) is 12.1 Å². The van der Waals surface area contributed by atoms with Crippen LogP contribution in [-0.2, 0) is 11.8 Å². The summed E-state index contributed by atoms with van der Waals surface area (Å²) < 4.78 is 27.3. The molecule has 0 aliphatic heterocycles. The van der Waals surface area contributed by atoms with Gasteiger partial charge in [0.2, 0.25) is 0 Å². The maximum atomic E-state index is 13.8. The van der Waals surface area contributed by atoms with Crippen molar-refractivity contribution in [2.75, 3.05) is 6.61 Å². The Morgan fingerprint density at radius 3 is 2.45 bits per heavy atom. The molecule has 0 heterocycles. The molecule has 4 heteroatoms. The lowest BCUT2D eigenvalue weighted by atomic mass is 9.72. The molecule has 2 aromatic carbocycles. The Labute approximate surface area is 133 Å². The van der Waals surface area contributed by atoms with Gasteiger partial charge in [0.15, 0.2) is 11.6 Å². The molecule has 0 spiro atoms. The summed E-state index contributed by atoms with van der Waals surface area (Å²) in [6, 6.07) is 10.1. The third-order valence-electron chi connectivity index (χ3n) is 4.64. The maximum Gasteiger partial charge on any atom is 0.159 e. The van der Waals surface area contributed by atoms with E-state index < -0.39 is 11.6 Å². The molecule has 0 radical (unpaired) electrons. The highest BCUT2D eigenvalue weighted by atomic mass is 35.5. The van der Waals surface area contributed by atoms with Crippen molar-refractivity contribution >= 4 is 11.6 Å². The second kappa shape index (κ2) is 5.98. The molecule has 116 valence electrons. The number of hydrogen-bond donors (Lipinski definition) is 1. The molecule has 0 amide bonds. The second-order valence-electron chi connectivity index (χ2n) is 5.84. The quantitative estimate of drug-likeness (QED) is 0.870. The average Bonchev–Trinajstić information content (AvgIpc) is 2.85. The highest BCUT2D eigenvalue weighted by molar-refractivity contribution is 6.30. The van der Waals surface area contributed by atoms with Gasteiger partial charge in [0.05, 0.1) is 0 Å². The fourth-order valence-corrected chi connectivity index (χ4v) is 3.70. The van der Waals surface area contributed by atoms with Gasteiger partial charge in [-0.05, 0) is 66.6 Å². The first-order chi connectivity index (χ1) is 10.6. The summed E-state index contributed by atoms with van der Waals surface area (Å²) in [6.45, 7) is 0.0777. The number of fused-ring (bicyclic) bond motifs is 1. The first-order valence-electron chi connectivity index (χ1n) is 7.42. The number of aliphatic hydroxyl groups excluding tert-OH is 1. The Morgan fingerprint density at radius 2 is 1.77 bits per heavy atom. The summed E-state index contributed by atoms with van der Waals surface area (Å²) in [7, 11) is 0. The van der Waals surface area contributed by atoms with Crippen LogP contribution in [0.5, 0.6) is 0 Å². The molecule has 1 N–H and O–H groups in total. The van der Waals surface area contributed by atoms with Crippen LogP contribution in [0, 0.1) is 11.6 Å². The standard InChI is InChI=1S/C18H17ClF2O/c19-14-4-2-13(3-5-14)18(7-1-9-22)8-6-12-10-16(20)17(21)11-15(12)18/h2-5,10-11,22H,1,6-9H2/t18-/m0/s1. The fraction of sp³-hybridized carbons (Fsp3) is 0.333. The molecule has 1 aliphatic carbocycles. The molecular weight excluding hydrogens is 306 g/mol. The Kier molecular flexibility index (Phi) is 4.20. The SMILES string of the molecule is OCCC[C@@]1(c2ccc(Cl)cc2)CCc2cc(F)c(F)cc21. The first-order valence-corrected chi connectivity index (χ1v) is 7.80. The highest BCUT2D eigenvalue weighted by Crippen LogP contribution is 2.48. The molecule has 0 fully saturated rings. The smallest absolute Gasteiger partial charge is 0.159 e. The van der Waals surface area contributed by atoms with E-state index in [1.54, 1.807) is 0 Å². The van der Waals surface area contributed by atoms with Crippen molar-refractivity contribution < 1.29 is 13.9 Å². The summed E-state index contributed by atoms with van der Waals surface area (Å²) in [5, 5.41) is 9.87. The zero-order chi connectivity index (χ0) is 15.7. The summed E-state index contributed by atoms with van der Waals surface area (Å²) >= 11 is 5.96. The monoisotopic (exact) mass is 322 g/mol. The van der Waals surface area contributed by atoms with E-state index in [4.69, 9.17) is 11.6 Å². The molecule has 1 aliphatic rings. The molecule has 0 saturated heterocycles. The van der Waals surface area contributed by atoms with Gasteiger partial charge >= 0.3 is 0 Å².